The predicted molar refractivity (Wildman–Crippen MR) is 245 cm³/mol. The Labute approximate surface area is 339 Å². The molecule has 0 aliphatic carbocycles. The zero-order valence-corrected chi connectivity index (χ0v) is 34.0. The number of amidine groups is 1. The molecule has 8 aromatic rings. The maximum atomic E-state index is 7.33. The number of fused-ring (bicyclic) bond motifs is 11. The lowest BCUT2D eigenvalue weighted by molar-refractivity contribution is 0.452. The van der Waals surface area contributed by atoms with Crippen LogP contribution in [0.15, 0.2) is 134 Å². The van der Waals surface area contributed by atoms with Gasteiger partial charge in [0.25, 0.3) is 0 Å². The Balaban J connectivity index is 1.34. The van der Waals surface area contributed by atoms with E-state index in [2.05, 4.69) is 135 Å². The molecule has 1 aliphatic heterocycles. The Morgan fingerprint density at radius 3 is 1.93 bits per heavy atom. The van der Waals surface area contributed by atoms with Crippen molar-refractivity contribution >= 4 is 82.7 Å². The van der Waals surface area contributed by atoms with E-state index >= 15 is 0 Å². The van der Waals surface area contributed by atoms with Crippen molar-refractivity contribution in [3.63, 3.8) is 0 Å². The van der Waals surface area contributed by atoms with Gasteiger partial charge in [-0.05, 0) is 75.8 Å². The van der Waals surface area contributed by atoms with Gasteiger partial charge in [0.05, 0.1) is 17.0 Å². The second kappa shape index (κ2) is 16.4. The fourth-order valence-corrected chi connectivity index (χ4v) is 8.81. The fourth-order valence-electron chi connectivity index (χ4n) is 8.81. The van der Waals surface area contributed by atoms with Gasteiger partial charge in [0.1, 0.15) is 16.9 Å². The molecule has 6 nitrogen and oxygen atoms in total. The SMILES string of the molecule is CCCCCCCCC(CC)CNc1c2c(c3oc4ccc5ccccc5c4c4c(ccc5ccccc54)oc3c1Oc1ccc3ccccc3c1)C(=NC)N=C2C. The number of nitrogens with zero attached hydrogens (tertiary/aromatic N) is 2. The van der Waals surface area contributed by atoms with Crippen molar-refractivity contribution in [3.8, 4) is 11.5 Å². The van der Waals surface area contributed by atoms with Crippen LogP contribution >= 0.6 is 0 Å². The predicted octanol–water partition coefficient (Wildman–Crippen LogP) is 15.1. The Morgan fingerprint density at radius 1 is 0.655 bits per heavy atom. The smallest absolute Gasteiger partial charge is 0.215 e. The van der Waals surface area contributed by atoms with Crippen LogP contribution in [0.4, 0.5) is 5.69 Å². The highest BCUT2D eigenvalue weighted by molar-refractivity contribution is 6.30. The van der Waals surface area contributed by atoms with E-state index in [0.29, 0.717) is 34.4 Å². The first kappa shape index (κ1) is 37.4. The van der Waals surface area contributed by atoms with E-state index in [0.717, 1.165) is 89.7 Å². The van der Waals surface area contributed by atoms with Crippen molar-refractivity contribution in [2.45, 2.75) is 72.1 Å². The van der Waals surface area contributed by atoms with Gasteiger partial charge in [-0.3, -0.25) is 4.99 Å². The van der Waals surface area contributed by atoms with Crippen molar-refractivity contribution in [1.82, 2.24) is 0 Å². The van der Waals surface area contributed by atoms with Gasteiger partial charge in [0.2, 0.25) is 5.58 Å². The first-order chi connectivity index (χ1) is 28.6. The Morgan fingerprint density at radius 2 is 1.26 bits per heavy atom. The van der Waals surface area contributed by atoms with E-state index < -0.39 is 0 Å². The Kier molecular flexibility index (Phi) is 10.6. The third-order valence-corrected chi connectivity index (χ3v) is 11.9. The molecule has 0 spiro atoms. The van der Waals surface area contributed by atoms with E-state index in [1.165, 1.54) is 44.9 Å². The molecule has 1 aromatic heterocycles. The maximum absolute atomic E-state index is 7.33. The summed E-state index contributed by atoms with van der Waals surface area (Å²) in [4.78, 5) is 9.77. The topological polar surface area (TPSA) is 72.3 Å². The van der Waals surface area contributed by atoms with Crippen LogP contribution in [0.2, 0.25) is 0 Å². The average Bonchev–Trinajstić information content (AvgIpc) is 3.59. The van der Waals surface area contributed by atoms with Gasteiger partial charge in [0, 0.05) is 29.9 Å². The summed E-state index contributed by atoms with van der Waals surface area (Å²) in [5.41, 5.74) is 5.88. The van der Waals surface area contributed by atoms with Crippen molar-refractivity contribution in [2.24, 2.45) is 15.9 Å². The molecule has 1 atom stereocenters. The zero-order valence-electron chi connectivity index (χ0n) is 34.0. The van der Waals surface area contributed by atoms with Gasteiger partial charge < -0.3 is 18.9 Å². The van der Waals surface area contributed by atoms with Gasteiger partial charge in [-0.1, -0.05) is 150 Å². The molecule has 7 aromatic carbocycles. The van der Waals surface area contributed by atoms with Gasteiger partial charge in [-0.2, -0.15) is 0 Å². The monoisotopic (exact) mass is 765 g/mol. The van der Waals surface area contributed by atoms with Crippen molar-refractivity contribution in [2.75, 3.05) is 18.9 Å². The highest BCUT2D eigenvalue weighted by Gasteiger charge is 2.33. The molecule has 9 rings (SSSR count). The fraction of sp³-hybridized carbons (Fsp3) is 0.269. The minimum absolute atomic E-state index is 0.486. The van der Waals surface area contributed by atoms with Crippen LogP contribution in [0.5, 0.6) is 11.5 Å². The number of aliphatic imine (C=N–C) groups is 2. The van der Waals surface area contributed by atoms with Gasteiger partial charge in [-0.25, -0.2) is 4.99 Å². The molecule has 6 heteroatoms. The molecule has 1 N–H and O–H groups in total. The molecule has 0 saturated carbocycles. The molecule has 1 unspecified atom stereocenters. The van der Waals surface area contributed by atoms with Crippen LogP contribution in [-0.4, -0.2) is 25.1 Å². The van der Waals surface area contributed by atoms with Gasteiger partial charge in [0.15, 0.2) is 17.2 Å². The van der Waals surface area contributed by atoms with Gasteiger partial charge in [-0.15, -0.1) is 0 Å². The summed E-state index contributed by atoms with van der Waals surface area (Å²) < 4.78 is 21.8. The van der Waals surface area contributed by atoms with E-state index in [1.807, 2.05) is 6.07 Å². The van der Waals surface area contributed by atoms with Crippen LogP contribution in [0.25, 0.3) is 65.4 Å². The number of nitrogens with one attached hydrogen (secondary N) is 1. The first-order valence-electron chi connectivity index (χ1n) is 21.1. The van der Waals surface area contributed by atoms with Crippen LogP contribution in [0.3, 0.4) is 0 Å². The van der Waals surface area contributed by atoms with Crippen molar-refractivity contribution in [3.05, 3.63) is 126 Å². The van der Waals surface area contributed by atoms with Crippen molar-refractivity contribution < 1.29 is 13.6 Å². The summed E-state index contributed by atoms with van der Waals surface area (Å²) in [5, 5.41) is 12.5. The average molecular weight is 766 g/mol. The summed E-state index contributed by atoms with van der Waals surface area (Å²) in [6.45, 7) is 7.41. The molecule has 0 bridgehead atoms. The molecule has 58 heavy (non-hydrogen) atoms. The Bertz CT molecular complexity index is 2950. The first-order valence-corrected chi connectivity index (χ1v) is 21.1. The summed E-state index contributed by atoms with van der Waals surface area (Å²) >= 11 is 0. The zero-order chi connectivity index (χ0) is 39.6. The second-order valence-electron chi connectivity index (χ2n) is 15.7. The Hall–Kier alpha value is -6.14. The quantitative estimate of drug-likeness (QED) is 0.119. The number of unbranched alkanes of at least 4 members (excludes halogenated alkanes) is 5. The van der Waals surface area contributed by atoms with E-state index in [-0.39, 0.29) is 0 Å². The molecule has 0 fully saturated rings. The lowest BCUT2D eigenvalue weighted by atomic mass is 9.96. The third-order valence-electron chi connectivity index (χ3n) is 11.9. The number of rotatable bonds is 13. The van der Waals surface area contributed by atoms with Crippen LogP contribution in [0.1, 0.15) is 83.3 Å². The molecule has 2 heterocycles. The minimum atomic E-state index is 0.486. The highest BCUT2D eigenvalue weighted by Crippen LogP contribution is 2.47. The number of ether oxygens (including phenoxy) is 1. The minimum Gasteiger partial charge on any atom is -0.452 e. The highest BCUT2D eigenvalue weighted by atomic mass is 16.5. The number of benzene rings is 7. The number of anilines is 1. The van der Waals surface area contributed by atoms with E-state index in [9.17, 15) is 0 Å². The van der Waals surface area contributed by atoms with Crippen LogP contribution < -0.4 is 10.1 Å². The normalized spacial score (nSPS) is 13.9. The summed E-state index contributed by atoms with van der Waals surface area (Å²) in [7, 11) is 1.79. The van der Waals surface area contributed by atoms with E-state index in [1.54, 1.807) is 7.05 Å². The molecular weight excluding hydrogens is 715 g/mol. The molecule has 292 valence electrons. The van der Waals surface area contributed by atoms with Crippen LogP contribution in [0, 0.1) is 5.92 Å². The maximum Gasteiger partial charge on any atom is 0.215 e. The molecular formula is C52H51N3O3. The van der Waals surface area contributed by atoms with Crippen molar-refractivity contribution in [1.29, 1.82) is 0 Å². The largest absolute Gasteiger partial charge is 0.452 e. The summed E-state index contributed by atoms with van der Waals surface area (Å²) in [6, 6.07) is 40.0. The number of hydrogen-bond acceptors (Lipinski definition) is 5. The lowest BCUT2D eigenvalue weighted by Gasteiger charge is -2.22. The third kappa shape index (κ3) is 6.95. The molecule has 0 saturated heterocycles. The van der Waals surface area contributed by atoms with Crippen LogP contribution in [-0.2, 0) is 0 Å². The van der Waals surface area contributed by atoms with Gasteiger partial charge >= 0.3 is 0 Å². The summed E-state index contributed by atoms with van der Waals surface area (Å²) in [5.74, 6) is 2.36. The summed E-state index contributed by atoms with van der Waals surface area (Å²) in [6.07, 6.45) is 9.98. The molecule has 0 radical (unpaired) electrons. The standard InChI is InChI=1S/C52H51N3O3/c1-5-7-8-9-10-11-18-34(6-2)32-54-48-44-33(3)55-52(53-4)47(44)49-51(50(48)56-39-28-25-35-19-12-13-22-38(35)31-39)58-43-30-27-37-21-15-17-24-41(37)46(43)45-40-23-16-14-20-36(40)26-29-42(45)57-49/h12-17,19-31,34,54H,5-11,18,32H2,1-4H3. The second-order valence-corrected chi connectivity index (χ2v) is 15.7. The molecule has 1 aliphatic rings. The number of hydrogen-bond donors (Lipinski definition) is 1. The van der Waals surface area contributed by atoms with E-state index in [4.69, 9.17) is 23.6 Å². The lowest BCUT2D eigenvalue weighted by Crippen LogP contribution is -2.16. The molecule has 0 amide bonds.